The average Bonchev–Trinajstić information content (AvgIpc) is 3.06. The van der Waals surface area contributed by atoms with Crippen molar-refractivity contribution in [1.29, 1.82) is 0 Å². The number of rotatable bonds is 10. The molecule has 150 valence electrons. The number of ether oxygens (including phenoxy) is 2. The third kappa shape index (κ3) is 6.41. The minimum Gasteiger partial charge on any atom is -0.393 e. The number of aliphatic hydroxyl groups is 1. The first-order valence-electron chi connectivity index (χ1n) is 10.7. The van der Waals surface area contributed by atoms with Gasteiger partial charge in [-0.3, -0.25) is 0 Å². The Balaban J connectivity index is 1.54. The van der Waals surface area contributed by atoms with Gasteiger partial charge in [0.05, 0.1) is 12.2 Å². The van der Waals surface area contributed by atoms with Gasteiger partial charge >= 0.3 is 0 Å². The highest BCUT2D eigenvalue weighted by atomic mass is 16.7. The fraction of sp³-hybridized carbons (Fsp3) is 0.696. The van der Waals surface area contributed by atoms with Gasteiger partial charge in [-0.25, -0.2) is 0 Å². The number of benzene rings is 1. The maximum absolute atomic E-state index is 11.0. The predicted molar refractivity (Wildman–Crippen MR) is 105 cm³/mol. The number of carbonyl (C=O) groups is 1. The van der Waals surface area contributed by atoms with Crippen LogP contribution >= 0.6 is 0 Å². The van der Waals surface area contributed by atoms with E-state index in [9.17, 15) is 9.90 Å². The number of aldehydes is 1. The first kappa shape index (κ1) is 20.5. The summed E-state index contributed by atoms with van der Waals surface area (Å²) in [6, 6.07) is 10.5. The van der Waals surface area contributed by atoms with Crippen molar-refractivity contribution < 1.29 is 19.4 Å². The van der Waals surface area contributed by atoms with Gasteiger partial charge in [0.2, 0.25) is 0 Å². The molecule has 4 heteroatoms. The third-order valence-electron chi connectivity index (χ3n) is 6.24. The Morgan fingerprint density at radius 2 is 2.00 bits per heavy atom. The Labute approximate surface area is 163 Å². The van der Waals surface area contributed by atoms with Crippen molar-refractivity contribution in [3.8, 4) is 0 Å². The van der Waals surface area contributed by atoms with Gasteiger partial charge in [0.25, 0.3) is 0 Å². The molecule has 27 heavy (non-hydrogen) atoms. The lowest BCUT2D eigenvalue weighted by molar-refractivity contribution is -0.191. The molecule has 1 saturated heterocycles. The van der Waals surface area contributed by atoms with Crippen LogP contribution in [0, 0.1) is 11.8 Å². The first-order chi connectivity index (χ1) is 13.3. The molecule has 1 unspecified atom stereocenters. The summed E-state index contributed by atoms with van der Waals surface area (Å²) in [5, 5.41) is 10.2. The second kappa shape index (κ2) is 10.9. The lowest BCUT2D eigenvalue weighted by atomic mass is 9.87. The fourth-order valence-corrected chi connectivity index (χ4v) is 4.63. The van der Waals surface area contributed by atoms with Crippen molar-refractivity contribution in [1.82, 2.24) is 0 Å². The molecule has 0 spiro atoms. The third-order valence-corrected chi connectivity index (χ3v) is 6.24. The van der Waals surface area contributed by atoms with Crippen LogP contribution in [0.3, 0.4) is 0 Å². The molecule has 1 aliphatic carbocycles. The standard InChI is InChI=1S/C23H34O4/c24-16-15-21-19(11-14-22(21)25)10-13-20(27-23-8-4-5-17-26-23)12-9-18-6-2-1-3-7-18/h1-3,6-7,16,19-23,25H,4-5,8-15,17H2/t19-,20-,21+,22-,23?/m1/s1. The molecule has 0 amide bonds. The van der Waals surface area contributed by atoms with E-state index in [2.05, 4.69) is 24.3 Å². The monoisotopic (exact) mass is 374 g/mol. The Kier molecular flexibility index (Phi) is 8.31. The van der Waals surface area contributed by atoms with Crippen molar-refractivity contribution in [3.05, 3.63) is 35.9 Å². The van der Waals surface area contributed by atoms with E-state index in [1.54, 1.807) is 0 Å². The van der Waals surface area contributed by atoms with E-state index < -0.39 is 0 Å². The highest BCUT2D eigenvalue weighted by Gasteiger charge is 2.34. The van der Waals surface area contributed by atoms with Crippen LogP contribution in [-0.4, -0.2) is 36.5 Å². The van der Waals surface area contributed by atoms with Crippen LogP contribution in [0.4, 0.5) is 0 Å². The summed E-state index contributed by atoms with van der Waals surface area (Å²) in [6.45, 7) is 0.798. The molecular formula is C23H34O4. The Morgan fingerprint density at radius 3 is 2.74 bits per heavy atom. The zero-order valence-electron chi connectivity index (χ0n) is 16.3. The quantitative estimate of drug-likeness (QED) is 0.621. The van der Waals surface area contributed by atoms with Crippen molar-refractivity contribution in [3.63, 3.8) is 0 Å². The summed E-state index contributed by atoms with van der Waals surface area (Å²) in [7, 11) is 0. The van der Waals surface area contributed by atoms with Gasteiger partial charge in [0, 0.05) is 13.0 Å². The van der Waals surface area contributed by atoms with Crippen LogP contribution in [0.1, 0.15) is 63.4 Å². The van der Waals surface area contributed by atoms with E-state index in [0.717, 1.165) is 64.3 Å². The minimum absolute atomic E-state index is 0.0699. The molecule has 1 N–H and O–H groups in total. The number of hydrogen-bond donors (Lipinski definition) is 1. The number of hydrogen-bond acceptors (Lipinski definition) is 4. The summed E-state index contributed by atoms with van der Waals surface area (Å²) in [5.41, 5.74) is 1.34. The zero-order valence-corrected chi connectivity index (χ0v) is 16.3. The molecule has 2 fully saturated rings. The molecule has 2 aliphatic rings. The Bertz CT molecular complexity index is 541. The lowest BCUT2D eigenvalue weighted by Crippen LogP contribution is -2.29. The average molecular weight is 375 g/mol. The molecule has 0 aromatic heterocycles. The maximum Gasteiger partial charge on any atom is 0.157 e. The maximum atomic E-state index is 11.0. The van der Waals surface area contributed by atoms with Crippen molar-refractivity contribution >= 4 is 6.29 Å². The Morgan fingerprint density at radius 1 is 1.15 bits per heavy atom. The normalized spacial score (nSPS) is 29.5. The largest absolute Gasteiger partial charge is 0.393 e. The van der Waals surface area contributed by atoms with Crippen LogP contribution in [-0.2, 0) is 20.7 Å². The van der Waals surface area contributed by atoms with Crippen molar-refractivity contribution in [2.45, 2.75) is 82.7 Å². The molecule has 5 atom stereocenters. The highest BCUT2D eigenvalue weighted by molar-refractivity contribution is 5.50. The van der Waals surface area contributed by atoms with Crippen molar-refractivity contribution in [2.75, 3.05) is 6.61 Å². The molecular weight excluding hydrogens is 340 g/mol. The molecule has 1 aliphatic heterocycles. The van der Waals surface area contributed by atoms with E-state index in [-0.39, 0.29) is 24.4 Å². The molecule has 3 rings (SSSR count). The Hall–Kier alpha value is -1.23. The molecule has 4 nitrogen and oxygen atoms in total. The lowest BCUT2D eigenvalue weighted by Gasteiger charge is -2.29. The summed E-state index contributed by atoms with van der Waals surface area (Å²) in [4.78, 5) is 11.0. The molecule has 1 saturated carbocycles. The highest BCUT2D eigenvalue weighted by Crippen LogP contribution is 2.37. The molecule has 1 aromatic carbocycles. The van der Waals surface area contributed by atoms with E-state index in [4.69, 9.17) is 9.47 Å². The van der Waals surface area contributed by atoms with Crippen molar-refractivity contribution in [2.24, 2.45) is 11.8 Å². The summed E-state index contributed by atoms with van der Waals surface area (Å²) >= 11 is 0. The summed E-state index contributed by atoms with van der Waals surface area (Å²) in [6.07, 6.45) is 10.3. The zero-order chi connectivity index (χ0) is 18.9. The second-order valence-electron chi connectivity index (χ2n) is 8.13. The van der Waals surface area contributed by atoms with Gasteiger partial charge in [-0.15, -0.1) is 0 Å². The van der Waals surface area contributed by atoms with E-state index in [1.807, 2.05) is 6.07 Å². The van der Waals surface area contributed by atoms with Gasteiger partial charge in [0.15, 0.2) is 6.29 Å². The number of aliphatic hydroxyl groups excluding tert-OH is 1. The van der Waals surface area contributed by atoms with E-state index in [0.29, 0.717) is 12.3 Å². The fourth-order valence-electron chi connectivity index (χ4n) is 4.63. The minimum atomic E-state index is -0.314. The molecule has 1 heterocycles. The van der Waals surface area contributed by atoms with Gasteiger partial charge in [-0.05, 0) is 75.2 Å². The first-order valence-corrected chi connectivity index (χ1v) is 10.7. The number of carbonyl (C=O) groups excluding carboxylic acids is 1. The van der Waals surface area contributed by atoms with E-state index >= 15 is 0 Å². The van der Waals surface area contributed by atoms with Crippen LogP contribution in [0.2, 0.25) is 0 Å². The predicted octanol–water partition coefficient (Wildman–Crippen LogP) is 4.29. The van der Waals surface area contributed by atoms with Crippen LogP contribution in [0.25, 0.3) is 0 Å². The summed E-state index contributed by atoms with van der Waals surface area (Å²) < 4.78 is 12.1. The second-order valence-corrected chi connectivity index (χ2v) is 8.13. The SMILES string of the molecule is O=CC[C@H]1[C@H](CC[C@@H](CCc2ccccc2)OC2CCCCO2)CC[C@H]1O. The molecule has 1 aromatic rings. The van der Waals surface area contributed by atoms with Crippen LogP contribution in [0.15, 0.2) is 30.3 Å². The van der Waals surface area contributed by atoms with Gasteiger partial charge < -0.3 is 19.4 Å². The smallest absolute Gasteiger partial charge is 0.157 e. The van der Waals surface area contributed by atoms with Crippen LogP contribution in [0.5, 0.6) is 0 Å². The summed E-state index contributed by atoms with van der Waals surface area (Å²) in [5.74, 6) is 0.559. The van der Waals surface area contributed by atoms with E-state index in [1.165, 1.54) is 12.0 Å². The molecule has 0 bridgehead atoms. The van der Waals surface area contributed by atoms with Gasteiger partial charge in [-0.2, -0.15) is 0 Å². The topological polar surface area (TPSA) is 55.8 Å². The van der Waals surface area contributed by atoms with Gasteiger partial charge in [0.1, 0.15) is 6.29 Å². The number of aryl methyl sites for hydroxylation is 1. The van der Waals surface area contributed by atoms with Gasteiger partial charge in [-0.1, -0.05) is 30.3 Å². The molecule has 0 radical (unpaired) electrons. The van der Waals surface area contributed by atoms with Crippen LogP contribution < -0.4 is 0 Å².